The standard InChI is InChI=1S/C21H17ClF4N6O3/c22-13-6-4-12(5-7-13)19-29-31(20(35)30(19)9-16(34)21(24,25)26)10-17-27-18(11-33)32(28-17)15-3-1-2-14(23)8-15/h1-8,16,33-34H,9-11H2/t16-/m0/s1. The van der Waals surface area contributed by atoms with Crippen molar-refractivity contribution < 1.29 is 27.8 Å². The quantitative estimate of drug-likeness (QED) is 0.368. The van der Waals surface area contributed by atoms with E-state index in [0.717, 1.165) is 10.7 Å². The van der Waals surface area contributed by atoms with E-state index in [-0.39, 0.29) is 35.3 Å². The van der Waals surface area contributed by atoms with Gasteiger partial charge in [0.05, 0.1) is 12.2 Å². The molecular weight excluding hydrogens is 496 g/mol. The molecule has 14 heteroatoms. The number of aromatic nitrogens is 6. The molecule has 1 atom stereocenters. The minimum absolute atomic E-state index is 0.0101. The Hall–Kier alpha value is -3.55. The van der Waals surface area contributed by atoms with Crippen LogP contribution in [-0.4, -0.2) is 51.6 Å². The van der Waals surface area contributed by atoms with Crippen LogP contribution in [0.3, 0.4) is 0 Å². The maximum atomic E-state index is 13.6. The van der Waals surface area contributed by atoms with Crippen molar-refractivity contribution in [1.82, 2.24) is 29.1 Å². The lowest BCUT2D eigenvalue weighted by atomic mass is 10.2. The van der Waals surface area contributed by atoms with Crippen molar-refractivity contribution in [2.75, 3.05) is 0 Å². The van der Waals surface area contributed by atoms with Gasteiger partial charge in [-0.05, 0) is 42.5 Å². The number of aliphatic hydroxyl groups excluding tert-OH is 2. The van der Waals surface area contributed by atoms with E-state index in [9.17, 15) is 32.6 Å². The lowest BCUT2D eigenvalue weighted by Crippen LogP contribution is -2.37. The molecule has 0 saturated heterocycles. The third-order valence-corrected chi connectivity index (χ3v) is 5.21. The van der Waals surface area contributed by atoms with Gasteiger partial charge in [0.2, 0.25) is 0 Å². The summed E-state index contributed by atoms with van der Waals surface area (Å²) in [4.78, 5) is 17.1. The van der Waals surface area contributed by atoms with Gasteiger partial charge in [0.25, 0.3) is 0 Å². The monoisotopic (exact) mass is 512 g/mol. The minimum Gasteiger partial charge on any atom is -0.388 e. The minimum atomic E-state index is -4.96. The zero-order valence-corrected chi connectivity index (χ0v) is 18.4. The summed E-state index contributed by atoms with van der Waals surface area (Å²) in [7, 11) is 0. The van der Waals surface area contributed by atoms with Gasteiger partial charge >= 0.3 is 11.9 Å². The van der Waals surface area contributed by atoms with Crippen molar-refractivity contribution >= 4 is 11.6 Å². The first-order valence-electron chi connectivity index (χ1n) is 10.1. The number of aliphatic hydroxyl groups is 2. The molecule has 0 saturated carbocycles. The number of hydrogen-bond acceptors (Lipinski definition) is 6. The predicted octanol–water partition coefficient (Wildman–Crippen LogP) is 2.55. The van der Waals surface area contributed by atoms with E-state index in [1.165, 1.54) is 47.1 Å². The highest BCUT2D eigenvalue weighted by molar-refractivity contribution is 6.30. The molecule has 2 heterocycles. The van der Waals surface area contributed by atoms with Crippen LogP contribution < -0.4 is 5.69 Å². The number of halogens is 5. The van der Waals surface area contributed by atoms with Crippen LogP contribution in [-0.2, 0) is 19.7 Å². The third-order valence-electron chi connectivity index (χ3n) is 4.96. The molecule has 4 aromatic rings. The number of benzene rings is 2. The van der Waals surface area contributed by atoms with Crippen LogP contribution in [0.5, 0.6) is 0 Å². The van der Waals surface area contributed by atoms with Gasteiger partial charge in [-0.3, -0.25) is 4.57 Å². The first-order valence-corrected chi connectivity index (χ1v) is 10.4. The fraction of sp³-hybridized carbons (Fsp3) is 0.238. The SMILES string of the molecule is O=c1n(Cc2nc(CO)n(-c3cccc(F)c3)n2)nc(-c2ccc(Cl)cc2)n1C[C@H](O)C(F)(F)F. The van der Waals surface area contributed by atoms with Gasteiger partial charge in [-0.25, -0.2) is 23.5 Å². The molecule has 0 unspecified atom stereocenters. The first kappa shape index (κ1) is 24.6. The molecule has 0 fully saturated rings. The summed E-state index contributed by atoms with van der Waals surface area (Å²) in [5.41, 5.74) is -0.402. The summed E-state index contributed by atoms with van der Waals surface area (Å²) in [5, 5.41) is 27.9. The Kier molecular flexibility index (Phi) is 6.74. The van der Waals surface area contributed by atoms with E-state index < -0.39 is 36.9 Å². The molecule has 184 valence electrons. The number of nitrogens with zero attached hydrogens (tertiary/aromatic N) is 6. The summed E-state index contributed by atoms with van der Waals surface area (Å²) < 4.78 is 55.3. The highest BCUT2D eigenvalue weighted by atomic mass is 35.5. The van der Waals surface area contributed by atoms with E-state index in [4.69, 9.17) is 11.6 Å². The molecule has 2 N–H and O–H groups in total. The average molecular weight is 513 g/mol. The van der Waals surface area contributed by atoms with Gasteiger partial charge in [0, 0.05) is 10.6 Å². The average Bonchev–Trinajstić information content (AvgIpc) is 3.35. The van der Waals surface area contributed by atoms with Crippen molar-refractivity contribution in [1.29, 1.82) is 0 Å². The van der Waals surface area contributed by atoms with Gasteiger partial charge in [0.15, 0.2) is 23.6 Å². The predicted molar refractivity (Wildman–Crippen MR) is 115 cm³/mol. The van der Waals surface area contributed by atoms with Crippen LogP contribution in [0.15, 0.2) is 53.3 Å². The lowest BCUT2D eigenvalue weighted by Gasteiger charge is -2.15. The van der Waals surface area contributed by atoms with Crippen LogP contribution in [0.25, 0.3) is 17.1 Å². The van der Waals surface area contributed by atoms with Crippen molar-refractivity contribution in [3.8, 4) is 17.1 Å². The normalized spacial score (nSPS) is 12.8. The molecule has 2 aromatic heterocycles. The Bertz CT molecular complexity index is 1400. The topological polar surface area (TPSA) is 111 Å². The maximum Gasteiger partial charge on any atom is 0.416 e. The Morgan fingerprint density at radius 2 is 1.80 bits per heavy atom. The van der Waals surface area contributed by atoms with Crippen LogP contribution in [0.2, 0.25) is 5.02 Å². The molecule has 0 amide bonds. The molecule has 0 radical (unpaired) electrons. The highest BCUT2D eigenvalue weighted by Gasteiger charge is 2.39. The van der Waals surface area contributed by atoms with Gasteiger partial charge in [-0.2, -0.15) is 13.2 Å². The number of alkyl halides is 3. The second kappa shape index (κ2) is 9.60. The van der Waals surface area contributed by atoms with Gasteiger partial charge in [-0.1, -0.05) is 17.7 Å². The maximum absolute atomic E-state index is 13.6. The summed E-state index contributed by atoms with van der Waals surface area (Å²) in [6.45, 7) is -2.02. The number of rotatable bonds is 7. The smallest absolute Gasteiger partial charge is 0.388 e. The fourth-order valence-electron chi connectivity index (χ4n) is 3.31. The molecule has 2 aromatic carbocycles. The second-order valence-corrected chi connectivity index (χ2v) is 7.87. The van der Waals surface area contributed by atoms with E-state index >= 15 is 0 Å². The molecule has 0 aliphatic heterocycles. The van der Waals surface area contributed by atoms with E-state index in [1.54, 1.807) is 0 Å². The Labute approximate surface area is 199 Å². The highest BCUT2D eigenvalue weighted by Crippen LogP contribution is 2.24. The van der Waals surface area contributed by atoms with E-state index in [2.05, 4.69) is 15.2 Å². The van der Waals surface area contributed by atoms with Gasteiger partial charge < -0.3 is 10.2 Å². The van der Waals surface area contributed by atoms with Gasteiger partial charge in [-0.15, -0.1) is 10.2 Å². The van der Waals surface area contributed by atoms with E-state index in [1.807, 2.05) is 0 Å². The van der Waals surface area contributed by atoms with Crippen LogP contribution in [0.1, 0.15) is 11.6 Å². The molecule has 0 aliphatic rings. The zero-order valence-electron chi connectivity index (χ0n) is 17.7. The van der Waals surface area contributed by atoms with Crippen LogP contribution in [0.4, 0.5) is 17.6 Å². The third kappa shape index (κ3) is 5.26. The second-order valence-electron chi connectivity index (χ2n) is 7.43. The van der Waals surface area contributed by atoms with Crippen molar-refractivity contribution in [3.63, 3.8) is 0 Å². The van der Waals surface area contributed by atoms with Crippen molar-refractivity contribution in [2.45, 2.75) is 32.0 Å². The number of hydrogen-bond donors (Lipinski definition) is 2. The molecule has 0 spiro atoms. The fourth-order valence-corrected chi connectivity index (χ4v) is 3.43. The summed E-state index contributed by atoms with van der Waals surface area (Å²) in [5.74, 6) is -0.649. The van der Waals surface area contributed by atoms with Gasteiger partial charge in [0.1, 0.15) is 19.0 Å². The van der Waals surface area contributed by atoms with Crippen LogP contribution >= 0.6 is 11.6 Å². The molecule has 35 heavy (non-hydrogen) atoms. The molecule has 0 bridgehead atoms. The Balaban J connectivity index is 1.75. The lowest BCUT2D eigenvalue weighted by molar-refractivity contribution is -0.207. The molecule has 0 aliphatic carbocycles. The van der Waals surface area contributed by atoms with E-state index in [0.29, 0.717) is 9.59 Å². The summed E-state index contributed by atoms with van der Waals surface area (Å²) >= 11 is 5.87. The first-order chi connectivity index (χ1) is 16.6. The summed E-state index contributed by atoms with van der Waals surface area (Å²) in [6.07, 6.45) is -7.77. The Morgan fingerprint density at radius 1 is 1.09 bits per heavy atom. The molecular formula is C21H17ClF4N6O3. The molecule has 4 rings (SSSR count). The van der Waals surface area contributed by atoms with Crippen molar-refractivity contribution in [3.05, 3.63) is 81.5 Å². The van der Waals surface area contributed by atoms with Crippen molar-refractivity contribution in [2.24, 2.45) is 0 Å². The molecule has 9 nitrogen and oxygen atoms in total. The summed E-state index contributed by atoms with van der Waals surface area (Å²) in [6, 6.07) is 11.2. The Morgan fingerprint density at radius 3 is 2.43 bits per heavy atom. The largest absolute Gasteiger partial charge is 0.416 e. The zero-order chi connectivity index (χ0) is 25.3. The van der Waals surface area contributed by atoms with Crippen LogP contribution in [0, 0.1) is 5.82 Å².